The number of rotatable bonds is 3. The summed E-state index contributed by atoms with van der Waals surface area (Å²) in [4.78, 5) is 11.9. The first-order valence-electron chi connectivity index (χ1n) is 5.66. The normalized spacial score (nSPS) is 13.6. The van der Waals surface area contributed by atoms with Gasteiger partial charge in [-0.2, -0.15) is 0 Å². The molecule has 0 aromatic heterocycles. The molecule has 1 rings (SSSR count). The van der Waals surface area contributed by atoms with E-state index in [9.17, 15) is 4.79 Å². The van der Waals surface area contributed by atoms with Gasteiger partial charge in [-0.25, -0.2) is 0 Å². The van der Waals surface area contributed by atoms with E-state index in [2.05, 4.69) is 20.8 Å². The molecular weight excluding hydrogens is 198 g/mol. The number of ketones is 1. The lowest BCUT2D eigenvalue weighted by Crippen LogP contribution is -2.36. The zero-order valence-electron chi connectivity index (χ0n) is 10.6. The van der Waals surface area contributed by atoms with E-state index in [1.807, 2.05) is 31.2 Å². The molecule has 0 aliphatic heterocycles. The number of carbonyl (C=O) groups is 1. The first-order chi connectivity index (χ1) is 7.30. The van der Waals surface area contributed by atoms with Gasteiger partial charge in [0.2, 0.25) is 0 Å². The summed E-state index contributed by atoms with van der Waals surface area (Å²) in [5.74, 6) is 0.127. The molecular formula is C14H21NO. The number of Topliss-reactive ketones (excluding diaryl/α,β-unsaturated/α-hetero) is 1. The average molecular weight is 219 g/mol. The van der Waals surface area contributed by atoms with E-state index in [1.165, 1.54) is 0 Å². The van der Waals surface area contributed by atoms with Crippen molar-refractivity contribution in [2.24, 2.45) is 11.1 Å². The van der Waals surface area contributed by atoms with Crippen LogP contribution in [0.3, 0.4) is 0 Å². The van der Waals surface area contributed by atoms with Crippen LogP contribution in [0.4, 0.5) is 0 Å². The van der Waals surface area contributed by atoms with Crippen LogP contribution in [-0.2, 0) is 0 Å². The Morgan fingerprint density at radius 3 is 2.19 bits per heavy atom. The van der Waals surface area contributed by atoms with Gasteiger partial charge in [0, 0.05) is 18.0 Å². The highest BCUT2D eigenvalue weighted by Crippen LogP contribution is 2.21. The number of hydrogen-bond donors (Lipinski definition) is 1. The molecule has 2 nitrogen and oxygen atoms in total. The lowest BCUT2D eigenvalue weighted by Gasteiger charge is -2.26. The van der Waals surface area contributed by atoms with E-state index >= 15 is 0 Å². The second-order valence-corrected chi connectivity index (χ2v) is 5.47. The summed E-state index contributed by atoms with van der Waals surface area (Å²) in [6.07, 6.45) is 0.409. The van der Waals surface area contributed by atoms with Crippen LogP contribution in [0.5, 0.6) is 0 Å². The van der Waals surface area contributed by atoms with Crippen molar-refractivity contribution >= 4 is 5.78 Å². The highest BCUT2D eigenvalue weighted by molar-refractivity contribution is 5.96. The van der Waals surface area contributed by atoms with Crippen LogP contribution in [0.15, 0.2) is 24.3 Å². The number of aryl methyl sites for hydroxylation is 1. The Morgan fingerprint density at radius 1 is 1.25 bits per heavy atom. The van der Waals surface area contributed by atoms with Crippen LogP contribution in [0, 0.1) is 12.3 Å². The summed E-state index contributed by atoms with van der Waals surface area (Å²) in [5.41, 5.74) is 7.89. The summed E-state index contributed by atoms with van der Waals surface area (Å²) < 4.78 is 0. The van der Waals surface area contributed by atoms with Gasteiger partial charge in [-0.05, 0) is 12.3 Å². The summed E-state index contributed by atoms with van der Waals surface area (Å²) in [7, 11) is 0. The third-order valence-electron chi connectivity index (χ3n) is 2.89. The smallest absolute Gasteiger partial charge is 0.164 e. The van der Waals surface area contributed by atoms with E-state index in [0.717, 1.165) is 11.1 Å². The maximum absolute atomic E-state index is 11.9. The predicted octanol–water partition coefficient (Wildman–Crippen LogP) is 2.94. The summed E-state index contributed by atoms with van der Waals surface area (Å²) >= 11 is 0. The molecule has 0 fully saturated rings. The van der Waals surface area contributed by atoms with Crippen molar-refractivity contribution in [3.8, 4) is 0 Å². The van der Waals surface area contributed by atoms with Gasteiger partial charge in [0.15, 0.2) is 5.78 Å². The minimum absolute atomic E-state index is 0.0274. The van der Waals surface area contributed by atoms with Crippen molar-refractivity contribution in [2.45, 2.75) is 40.2 Å². The van der Waals surface area contributed by atoms with E-state index in [4.69, 9.17) is 5.73 Å². The zero-order chi connectivity index (χ0) is 12.3. The fraction of sp³-hybridized carbons (Fsp3) is 0.500. The van der Waals surface area contributed by atoms with Crippen molar-refractivity contribution in [1.29, 1.82) is 0 Å². The van der Waals surface area contributed by atoms with Gasteiger partial charge in [-0.15, -0.1) is 0 Å². The average Bonchev–Trinajstić information content (AvgIpc) is 2.17. The molecule has 0 bridgehead atoms. The van der Waals surface area contributed by atoms with Crippen molar-refractivity contribution in [3.05, 3.63) is 35.4 Å². The molecule has 1 atom stereocenters. The first kappa shape index (κ1) is 12.9. The highest BCUT2D eigenvalue weighted by Gasteiger charge is 2.23. The molecule has 0 aliphatic rings. The molecule has 1 aromatic carbocycles. The Bertz CT molecular complexity index is 359. The molecule has 0 radical (unpaired) electrons. The van der Waals surface area contributed by atoms with E-state index in [-0.39, 0.29) is 17.2 Å². The molecule has 88 valence electrons. The van der Waals surface area contributed by atoms with Gasteiger partial charge in [0.05, 0.1) is 0 Å². The number of nitrogens with two attached hydrogens (primary N) is 1. The van der Waals surface area contributed by atoms with E-state index in [1.54, 1.807) is 0 Å². The van der Waals surface area contributed by atoms with Gasteiger partial charge in [-0.3, -0.25) is 4.79 Å². The molecule has 2 N–H and O–H groups in total. The second-order valence-electron chi connectivity index (χ2n) is 5.47. The minimum Gasteiger partial charge on any atom is -0.327 e. The molecule has 2 heteroatoms. The molecule has 0 spiro atoms. The van der Waals surface area contributed by atoms with Crippen LogP contribution < -0.4 is 5.73 Å². The minimum atomic E-state index is -0.0960. The van der Waals surface area contributed by atoms with Gasteiger partial charge < -0.3 is 5.73 Å². The number of hydrogen-bond acceptors (Lipinski definition) is 2. The Kier molecular flexibility index (Phi) is 3.87. The highest BCUT2D eigenvalue weighted by atomic mass is 16.1. The van der Waals surface area contributed by atoms with Crippen LogP contribution >= 0.6 is 0 Å². The predicted molar refractivity (Wildman–Crippen MR) is 67.6 cm³/mol. The largest absolute Gasteiger partial charge is 0.327 e. The summed E-state index contributed by atoms with van der Waals surface area (Å²) in [6.45, 7) is 8.18. The third kappa shape index (κ3) is 3.46. The Morgan fingerprint density at radius 2 is 1.75 bits per heavy atom. The number of carbonyl (C=O) groups excluding carboxylic acids is 1. The monoisotopic (exact) mass is 219 g/mol. The molecule has 0 saturated carbocycles. The van der Waals surface area contributed by atoms with E-state index < -0.39 is 0 Å². The van der Waals surface area contributed by atoms with Crippen LogP contribution in [0.1, 0.15) is 43.1 Å². The third-order valence-corrected chi connectivity index (χ3v) is 2.89. The van der Waals surface area contributed by atoms with E-state index in [0.29, 0.717) is 6.42 Å². The Labute approximate surface area is 97.9 Å². The van der Waals surface area contributed by atoms with Gasteiger partial charge >= 0.3 is 0 Å². The zero-order valence-corrected chi connectivity index (χ0v) is 10.6. The SMILES string of the molecule is Cc1ccc(C(=O)CC(N)C(C)(C)C)cc1. The maximum Gasteiger partial charge on any atom is 0.164 e. The second kappa shape index (κ2) is 4.79. The van der Waals surface area contributed by atoms with Gasteiger partial charge in [0.25, 0.3) is 0 Å². The molecule has 0 heterocycles. The lowest BCUT2D eigenvalue weighted by molar-refractivity contribution is 0.0953. The fourth-order valence-corrected chi connectivity index (χ4v) is 1.36. The summed E-state index contributed by atoms with van der Waals surface area (Å²) in [5, 5.41) is 0. The molecule has 0 saturated heterocycles. The molecule has 0 amide bonds. The van der Waals surface area contributed by atoms with Gasteiger partial charge in [-0.1, -0.05) is 50.6 Å². The van der Waals surface area contributed by atoms with Crippen LogP contribution in [0.25, 0.3) is 0 Å². The van der Waals surface area contributed by atoms with Crippen molar-refractivity contribution < 1.29 is 4.79 Å². The fourth-order valence-electron chi connectivity index (χ4n) is 1.36. The van der Waals surface area contributed by atoms with Crippen LogP contribution in [-0.4, -0.2) is 11.8 Å². The number of benzene rings is 1. The van der Waals surface area contributed by atoms with Gasteiger partial charge in [0.1, 0.15) is 0 Å². The Balaban J connectivity index is 2.70. The molecule has 16 heavy (non-hydrogen) atoms. The topological polar surface area (TPSA) is 43.1 Å². The Hall–Kier alpha value is -1.15. The molecule has 1 aromatic rings. The molecule has 1 unspecified atom stereocenters. The maximum atomic E-state index is 11.9. The first-order valence-corrected chi connectivity index (χ1v) is 5.66. The quantitative estimate of drug-likeness (QED) is 0.794. The summed E-state index contributed by atoms with van der Waals surface area (Å²) in [6, 6.07) is 7.55. The van der Waals surface area contributed by atoms with Crippen molar-refractivity contribution in [1.82, 2.24) is 0 Å². The molecule has 0 aliphatic carbocycles. The van der Waals surface area contributed by atoms with Crippen molar-refractivity contribution in [3.63, 3.8) is 0 Å². The van der Waals surface area contributed by atoms with Crippen molar-refractivity contribution in [2.75, 3.05) is 0 Å². The standard InChI is InChI=1S/C14H21NO/c1-10-5-7-11(8-6-10)12(16)9-13(15)14(2,3)4/h5-8,13H,9,15H2,1-4H3. The van der Waals surface area contributed by atoms with Crippen LogP contribution in [0.2, 0.25) is 0 Å². The lowest BCUT2D eigenvalue weighted by atomic mass is 9.83.